The number of hydrogen-bond acceptors (Lipinski definition) is 1. The van der Waals surface area contributed by atoms with Gasteiger partial charge in [-0.1, -0.05) is 0 Å². The van der Waals surface area contributed by atoms with Crippen LogP contribution in [0.3, 0.4) is 0 Å². The summed E-state index contributed by atoms with van der Waals surface area (Å²) in [6, 6.07) is 2.92. The highest BCUT2D eigenvalue weighted by molar-refractivity contribution is 5.98. The zero-order chi connectivity index (χ0) is 13.5. The van der Waals surface area contributed by atoms with Crippen molar-refractivity contribution in [1.82, 2.24) is 0 Å². The van der Waals surface area contributed by atoms with E-state index in [1.165, 1.54) is 12.1 Å². The standard InChI is InChI=1S/C12H11F4NO/c1-7-2-3-8-6-9(13)4-5-10(8)17(7)11(18)12(14,15)16/h4-7H,2-3H2,1H3/t7-/m1/s1. The van der Waals surface area contributed by atoms with Crippen molar-refractivity contribution < 1.29 is 22.4 Å². The minimum Gasteiger partial charge on any atom is -0.302 e. The molecule has 0 aromatic heterocycles. The van der Waals surface area contributed by atoms with E-state index in [1.54, 1.807) is 6.92 Å². The molecule has 0 saturated heterocycles. The van der Waals surface area contributed by atoms with Gasteiger partial charge in [0.25, 0.3) is 0 Å². The van der Waals surface area contributed by atoms with Gasteiger partial charge in [-0.05, 0) is 43.5 Å². The fourth-order valence-corrected chi connectivity index (χ4v) is 2.17. The minimum atomic E-state index is -4.92. The highest BCUT2D eigenvalue weighted by Crippen LogP contribution is 2.34. The van der Waals surface area contributed by atoms with Gasteiger partial charge in [0, 0.05) is 11.7 Å². The second kappa shape index (κ2) is 4.26. The Hall–Kier alpha value is -1.59. The summed E-state index contributed by atoms with van der Waals surface area (Å²) in [5, 5.41) is 0. The molecule has 18 heavy (non-hydrogen) atoms. The summed E-state index contributed by atoms with van der Waals surface area (Å²) in [5.41, 5.74) is 0.586. The predicted octanol–water partition coefficient (Wildman–Crippen LogP) is 3.06. The third-order valence-electron chi connectivity index (χ3n) is 3.03. The van der Waals surface area contributed by atoms with Crippen molar-refractivity contribution in [2.24, 2.45) is 0 Å². The van der Waals surface area contributed by atoms with Crippen LogP contribution in [-0.4, -0.2) is 18.1 Å². The van der Waals surface area contributed by atoms with Crippen molar-refractivity contribution in [2.45, 2.75) is 32.0 Å². The maximum absolute atomic E-state index is 13.0. The molecule has 0 unspecified atom stereocenters. The Morgan fingerprint density at radius 1 is 1.39 bits per heavy atom. The molecule has 0 saturated carbocycles. The molecule has 6 heteroatoms. The van der Waals surface area contributed by atoms with E-state index in [2.05, 4.69) is 0 Å². The van der Waals surface area contributed by atoms with Gasteiger partial charge in [0.2, 0.25) is 0 Å². The quantitative estimate of drug-likeness (QED) is 0.657. The molecule has 0 radical (unpaired) electrons. The monoisotopic (exact) mass is 261 g/mol. The largest absolute Gasteiger partial charge is 0.471 e. The van der Waals surface area contributed by atoms with E-state index < -0.39 is 23.9 Å². The fourth-order valence-electron chi connectivity index (χ4n) is 2.17. The van der Waals surface area contributed by atoms with Gasteiger partial charge in [-0.15, -0.1) is 0 Å². The number of aryl methyl sites for hydroxylation is 1. The number of amides is 1. The topological polar surface area (TPSA) is 20.3 Å². The van der Waals surface area contributed by atoms with Crippen LogP contribution in [0.15, 0.2) is 18.2 Å². The summed E-state index contributed by atoms with van der Waals surface area (Å²) in [6.07, 6.45) is -4.06. The highest BCUT2D eigenvalue weighted by atomic mass is 19.4. The molecule has 2 rings (SSSR count). The molecule has 1 atom stereocenters. The molecule has 2 nitrogen and oxygen atoms in total. The van der Waals surface area contributed by atoms with Crippen LogP contribution in [0.1, 0.15) is 18.9 Å². The minimum absolute atomic E-state index is 0.150. The number of carbonyl (C=O) groups is 1. The van der Waals surface area contributed by atoms with Crippen molar-refractivity contribution >= 4 is 11.6 Å². The van der Waals surface area contributed by atoms with Crippen LogP contribution in [0.4, 0.5) is 23.2 Å². The van der Waals surface area contributed by atoms with Crippen LogP contribution < -0.4 is 4.90 Å². The third kappa shape index (κ3) is 2.19. The molecule has 0 fully saturated rings. The van der Waals surface area contributed by atoms with Gasteiger partial charge in [0.1, 0.15) is 5.82 Å². The highest BCUT2D eigenvalue weighted by Gasteiger charge is 2.45. The van der Waals surface area contributed by atoms with Crippen molar-refractivity contribution in [3.8, 4) is 0 Å². The Morgan fingerprint density at radius 3 is 2.67 bits per heavy atom. The third-order valence-corrected chi connectivity index (χ3v) is 3.03. The normalized spacial score (nSPS) is 19.6. The van der Waals surface area contributed by atoms with E-state index in [0.717, 1.165) is 6.07 Å². The Kier molecular flexibility index (Phi) is 3.04. The summed E-state index contributed by atoms with van der Waals surface area (Å²) in [6.45, 7) is 1.55. The molecule has 98 valence electrons. The summed E-state index contributed by atoms with van der Waals surface area (Å²) in [5.74, 6) is -2.41. The van der Waals surface area contributed by atoms with Gasteiger partial charge in [0.15, 0.2) is 0 Å². The van der Waals surface area contributed by atoms with Gasteiger partial charge in [-0.3, -0.25) is 4.79 Å². The fraction of sp³-hybridized carbons (Fsp3) is 0.417. The Labute approximate surface area is 101 Å². The number of hydrogen-bond donors (Lipinski definition) is 0. The molecule has 1 aliphatic heterocycles. The number of anilines is 1. The maximum atomic E-state index is 13.0. The molecule has 1 aromatic rings. The van der Waals surface area contributed by atoms with Crippen LogP contribution in [0.5, 0.6) is 0 Å². The molecular weight excluding hydrogens is 250 g/mol. The summed E-state index contributed by atoms with van der Waals surface area (Å²) in [4.78, 5) is 12.1. The van der Waals surface area contributed by atoms with Gasteiger partial charge in [-0.25, -0.2) is 4.39 Å². The Balaban J connectivity index is 2.46. The van der Waals surface area contributed by atoms with Gasteiger partial charge in [-0.2, -0.15) is 13.2 Å². The Morgan fingerprint density at radius 2 is 2.06 bits per heavy atom. The predicted molar refractivity (Wildman–Crippen MR) is 57.7 cm³/mol. The number of alkyl halides is 3. The number of nitrogens with zero attached hydrogens (tertiary/aromatic N) is 1. The second-order valence-corrected chi connectivity index (χ2v) is 4.33. The van der Waals surface area contributed by atoms with Gasteiger partial charge in [0.05, 0.1) is 0 Å². The molecule has 1 heterocycles. The number of fused-ring (bicyclic) bond motifs is 1. The SMILES string of the molecule is C[C@@H]1CCc2cc(F)ccc2N1C(=O)C(F)(F)F. The van der Waals surface area contributed by atoms with Crippen molar-refractivity contribution in [3.63, 3.8) is 0 Å². The number of benzene rings is 1. The van der Waals surface area contributed by atoms with E-state index >= 15 is 0 Å². The van der Waals surface area contributed by atoms with Crippen LogP contribution in [0.2, 0.25) is 0 Å². The first kappa shape index (κ1) is 12.9. The van der Waals surface area contributed by atoms with Crippen LogP contribution in [0.25, 0.3) is 0 Å². The van der Waals surface area contributed by atoms with Crippen LogP contribution in [0, 0.1) is 5.82 Å². The molecule has 0 spiro atoms. The molecule has 1 aliphatic rings. The summed E-state index contributed by atoms with van der Waals surface area (Å²) >= 11 is 0. The number of carbonyl (C=O) groups excluding carboxylic acids is 1. The smallest absolute Gasteiger partial charge is 0.302 e. The summed E-state index contributed by atoms with van der Waals surface area (Å²) < 4.78 is 50.6. The van der Waals surface area contributed by atoms with E-state index in [0.29, 0.717) is 23.3 Å². The van der Waals surface area contributed by atoms with E-state index in [4.69, 9.17) is 0 Å². The van der Waals surface area contributed by atoms with Crippen LogP contribution in [-0.2, 0) is 11.2 Å². The number of halogens is 4. The molecule has 1 aromatic carbocycles. The lowest BCUT2D eigenvalue weighted by Crippen LogP contribution is -2.48. The molecule has 0 N–H and O–H groups in total. The lowest BCUT2D eigenvalue weighted by Gasteiger charge is -2.35. The summed E-state index contributed by atoms with van der Waals surface area (Å²) in [7, 11) is 0. The Bertz CT molecular complexity index is 483. The second-order valence-electron chi connectivity index (χ2n) is 4.33. The van der Waals surface area contributed by atoms with Crippen molar-refractivity contribution in [3.05, 3.63) is 29.6 Å². The van der Waals surface area contributed by atoms with E-state index in [9.17, 15) is 22.4 Å². The molecule has 0 aliphatic carbocycles. The van der Waals surface area contributed by atoms with Crippen molar-refractivity contribution in [1.29, 1.82) is 0 Å². The first-order chi connectivity index (χ1) is 8.30. The zero-order valence-electron chi connectivity index (χ0n) is 9.59. The van der Waals surface area contributed by atoms with E-state index in [1.807, 2.05) is 0 Å². The first-order valence-corrected chi connectivity index (χ1v) is 5.49. The molecule has 0 bridgehead atoms. The van der Waals surface area contributed by atoms with Crippen molar-refractivity contribution in [2.75, 3.05) is 4.90 Å². The lowest BCUT2D eigenvalue weighted by atomic mass is 9.96. The number of rotatable bonds is 0. The average Bonchev–Trinajstić information content (AvgIpc) is 2.27. The van der Waals surface area contributed by atoms with Gasteiger partial charge < -0.3 is 4.90 Å². The zero-order valence-corrected chi connectivity index (χ0v) is 9.59. The van der Waals surface area contributed by atoms with Crippen LogP contribution >= 0.6 is 0 Å². The first-order valence-electron chi connectivity index (χ1n) is 5.49. The maximum Gasteiger partial charge on any atom is 0.471 e. The van der Waals surface area contributed by atoms with E-state index in [-0.39, 0.29) is 5.69 Å². The molecular formula is C12H11F4NO. The lowest BCUT2D eigenvalue weighted by molar-refractivity contribution is -0.171. The molecule has 1 amide bonds. The average molecular weight is 261 g/mol. The van der Waals surface area contributed by atoms with Gasteiger partial charge >= 0.3 is 12.1 Å².